The van der Waals surface area contributed by atoms with Gasteiger partial charge in [0.15, 0.2) is 0 Å². The fraction of sp³-hybridized carbons (Fsp3) is 0.400. The first-order valence-corrected chi connectivity index (χ1v) is 9.05. The van der Waals surface area contributed by atoms with E-state index in [4.69, 9.17) is 10.9 Å². The van der Waals surface area contributed by atoms with E-state index in [1.165, 1.54) is 12.1 Å². The van der Waals surface area contributed by atoms with E-state index in [1.54, 1.807) is 6.07 Å². The van der Waals surface area contributed by atoms with Gasteiger partial charge in [-0.1, -0.05) is 6.07 Å². The van der Waals surface area contributed by atoms with Crippen molar-refractivity contribution in [3.8, 4) is 0 Å². The summed E-state index contributed by atoms with van der Waals surface area (Å²) in [5, 5.41) is 7.91. The van der Waals surface area contributed by atoms with Crippen LogP contribution in [-0.2, 0) is 19.9 Å². The number of sulfone groups is 1. The zero-order valence-electron chi connectivity index (χ0n) is 10.5. The number of sulfonamides is 1. The van der Waals surface area contributed by atoms with Crippen LogP contribution < -0.4 is 16.2 Å². The predicted molar refractivity (Wildman–Crippen MR) is 75.0 cm³/mol. The summed E-state index contributed by atoms with van der Waals surface area (Å²) in [6.45, 7) is 0.366. The summed E-state index contributed by atoms with van der Waals surface area (Å²) >= 11 is 0. The second-order valence-corrected chi connectivity index (χ2v) is 7.96. The molecule has 0 saturated carbocycles. The Morgan fingerprint density at radius 3 is 2.37 bits per heavy atom. The van der Waals surface area contributed by atoms with Crippen molar-refractivity contribution < 1.29 is 16.8 Å². The van der Waals surface area contributed by atoms with Gasteiger partial charge in [-0.15, -0.1) is 0 Å². The highest BCUT2D eigenvalue weighted by molar-refractivity contribution is 7.90. The smallest absolute Gasteiger partial charge is 0.240 e. The molecule has 0 fully saturated rings. The fourth-order valence-electron chi connectivity index (χ4n) is 1.50. The van der Waals surface area contributed by atoms with Gasteiger partial charge in [-0.25, -0.2) is 22.0 Å². The van der Waals surface area contributed by atoms with E-state index >= 15 is 0 Å². The van der Waals surface area contributed by atoms with E-state index in [0.717, 1.165) is 6.26 Å². The molecule has 108 valence electrons. The summed E-state index contributed by atoms with van der Waals surface area (Å²) in [5.74, 6) is 0.0504. The molecule has 0 atom stereocenters. The summed E-state index contributed by atoms with van der Waals surface area (Å²) in [6.07, 6.45) is 1.56. The molecule has 19 heavy (non-hydrogen) atoms. The monoisotopic (exact) mass is 307 g/mol. The number of nitrogens with one attached hydrogen (secondary N) is 1. The zero-order valence-corrected chi connectivity index (χ0v) is 12.1. The fourth-order valence-corrected chi connectivity index (χ4v) is 2.86. The van der Waals surface area contributed by atoms with Crippen LogP contribution in [0.5, 0.6) is 0 Å². The molecule has 0 radical (unpaired) electrons. The van der Waals surface area contributed by atoms with Gasteiger partial charge in [-0.05, 0) is 18.6 Å². The minimum Gasteiger partial charge on any atom is -0.396 e. The predicted octanol–water partition coefficient (Wildman–Crippen LogP) is -0.237. The number of anilines is 2. The average molecular weight is 307 g/mol. The summed E-state index contributed by atoms with van der Waals surface area (Å²) < 4.78 is 44.4. The van der Waals surface area contributed by atoms with E-state index in [0.29, 0.717) is 18.7 Å². The normalized spacial score (nSPS) is 12.3. The highest BCUT2D eigenvalue weighted by atomic mass is 32.2. The van der Waals surface area contributed by atoms with Crippen molar-refractivity contribution >= 4 is 31.2 Å². The number of para-hydroxylation sites is 1. The van der Waals surface area contributed by atoms with E-state index in [9.17, 15) is 16.8 Å². The van der Waals surface area contributed by atoms with Crippen LogP contribution in [0.4, 0.5) is 11.4 Å². The SMILES string of the molecule is CS(=O)(=O)CCCNc1cccc(S(N)(=O)=O)c1N. The Balaban J connectivity index is 2.76. The largest absolute Gasteiger partial charge is 0.396 e. The summed E-state index contributed by atoms with van der Waals surface area (Å²) in [7, 11) is -6.88. The summed E-state index contributed by atoms with van der Waals surface area (Å²) in [6, 6.07) is 4.42. The molecule has 0 heterocycles. The maximum Gasteiger partial charge on any atom is 0.240 e. The molecule has 0 bridgehead atoms. The molecular formula is C10H17N3O4S2. The van der Waals surface area contributed by atoms with Gasteiger partial charge in [0.05, 0.1) is 17.1 Å². The van der Waals surface area contributed by atoms with Crippen molar-refractivity contribution in [3.05, 3.63) is 18.2 Å². The van der Waals surface area contributed by atoms with Crippen LogP contribution >= 0.6 is 0 Å². The average Bonchev–Trinajstić information content (AvgIpc) is 2.23. The quantitative estimate of drug-likeness (QED) is 0.491. The van der Waals surface area contributed by atoms with Crippen LogP contribution in [0, 0.1) is 0 Å². The number of hydrogen-bond donors (Lipinski definition) is 3. The van der Waals surface area contributed by atoms with Crippen LogP contribution in [0.3, 0.4) is 0 Å². The maximum atomic E-state index is 11.3. The summed E-state index contributed by atoms with van der Waals surface area (Å²) in [4.78, 5) is -0.152. The number of nitrogens with two attached hydrogens (primary N) is 2. The minimum atomic E-state index is -3.87. The van der Waals surface area contributed by atoms with Gasteiger partial charge in [0.2, 0.25) is 10.0 Å². The molecule has 0 unspecified atom stereocenters. The second kappa shape index (κ2) is 5.76. The number of rotatable bonds is 6. The minimum absolute atomic E-state index is 0.0318. The van der Waals surface area contributed by atoms with Crippen LogP contribution in [0.1, 0.15) is 6.42 Å². The van der Waals surface area contributed by atoms with Crippen LogP contribution in [0.2, 0.25) is 0 Å². The molecule has 9 heteroatoms. The molecule has 0 spiro atoms. The van der Waals surface area contributed by atoms with Crippen LogP contribution in [0.15, 0.2) is 23.1 Å². The topological polar surface area (TPSA) is 132 Å². The third kappa shape index (κ3) is 5.05. The van der Waals surface area contributed by atoms with Crippen molar-refractivity contribution in [1.82, 2.24) is 0 Å². The Labute approximate surface area is 113 Å². The van der Waals surface area contributed by atoms with Gasteiger partial charge in [0.1, 0.15) is 14.7 Å². The molecule has 0 amide bonds. The molecule has 0 aromatic heterocycles. The molecule has 0 aliphatic heterocycles. The van der Waals surface area contributed by atoms with Crippen molar-refractivity contribution in [2.75, 3.05) is 29.6 Å². The van der Waals surface area contributed by atoms with E-state index in [-0.39, 0.29) is 16.3 Å². The third-order valence-electron chi connectivity index (χ3n) is 2.38. The lowest BCUT2D eigenvalue weighted by Gasteiger charge is -2.11. The lowest BCUT2D eigenvalue weighted by molar-refractivity contribution is 0.597. The Kier molecular flexibility index (Phi) is 4.77. The molecule has 7 nitrogen and oxygen atoms in total. The lowest BCUT2D eigenvalue weighted by Crippen LogP contribution is -2.16. The molecule has 1 aromatic rings. The van der Waals surface area contributed by atoms with Gasteiger partial charge in [-0.2, -0.15) is 0 Å². The van der Waals surface area contributed by atoms with Crippen molar-refractivity contribution in [2.45, 2.75) is 11.3 Å². The standard InChI is InChI=1S/C10H17N3O4S2/c1-18(14,15)7-3-6-13-8-4-2-5-9(10(8)11)19(12,16)17/h2,4-5,13H,3,6-7,11H2,1H3,(H2,12,16,17). The number of benzene rings is 1. The van der Waals surface area contributed by atoms with Crippen molar-refractivity contribution in [1.29, 1.82) is 0 Å². The lowest BCUT2D eigenvalue weighted by atomic mass is 10.2. The molecule has 1 aromatic carbocycles. The van der Waals surface area contributed by atoms with Crippen molar-refractivity contribution in [3.63, 3.8) is 0 Å². The Bertz CT molecular complexity index is 653. The van der Waals surface area contributed by atoms with E-state index in [2.05, 4.69) is 5.32 Å². The van der Waals surface area contributed by atoms with E-state index in [1.807, 2.05) is 0 Å². The maximum absolute atomic E-state index is 11.3. The van der Waals surface area contributed by atoms with E-state index < -0.39 is 19.9 Å². The Hall–Kier alpha value is -1.32. The van der Waals surface area contributed by atoms with Gasteiger partial charge < -0.3 is 11.1 Å². The molecule has 0 aliphatic rings. The molecule has 0 saturated heterocycles. The Morgan fingerprint density at radius 1 is 1.21 bits per heavy atom. The number of primary sulfonamides is 1. The number of nitrogen functional groups attached to an aromatic ring is 1. The van der Waals surface area contributed by atoms with Crippen LogP contribution in [-0.4, -0.2) is 35.4 Å². The molecule has 1 rings (SSSR count). The first kappa shape index (κ1) is 15.7. The number of hydrogen-bond acceptors (Lipinski definition) is 6. The van der Waals surface area contributed by atoms with Gasteiger partial charge >= 0.3 is 0 Å². The zero-order chi connectivity index (χ0) is 14.7. The summed E-state index contributed by atoms with van der Waals surface area (Å²) in [5.41, 5.74) is 6.15. The molecular weight excluding hydrogens is 290 g/mol. The molecule has 0 aliphatic carbocycles. The van der Waals surface area contributed by atoms with Gasteiger partial charge in [-0.3, -0.25) is 0 Å². The second-order valence-electron chi connectivity index (χ2n) is 4.17. The highest BCUT2D eigenvalue weighted by Crippen LogP contribution is 2.25. The van der Waals surface area contributed by atoms with Gasteiger partial charge in [0, 0.05) is 12.8 Å². The van der Waals surface area contributed by atoms with Crippen molar-refractivity contribution in [2.24, 2.45) is 5.14 Å². The third-order valence-corrected chi connectivity index (χ3v) is 4.38. The Morgan fingerprint density at radius 2 is 1.84 bits per heavy atom. The molecule has 5 N–H and O–H groups in total. The van der Waals surface area contributed by atoms with Crippen LogP contribution in [0.25, 0.3) is 0 Å². The first-order valence-electron chi connectivity index (χ1n) is 5.44. The highest BCUT2D eigenvalue weighted by Gasteiger charge is 2.14. The first-order chi connectivity index (χ1) is 8.61. The van der Waals surface area contributed by atoms with Gasteiger partial charge in [0.25, 0.3) is 0 Å².